The van der Waals surface area contributed by atoms with Gasteiger partial charge in [-0.3, -0.25) is 4.99 Å². The molecule has 0 radical (unpaired) electrons. The van der Waals surface area contributed by atoms with Crippen LogP contribution < -0.4 is 11.5 Å². The summed E-state index contributed by atoms with van der Waals surface area (Å²) in [5, 5.41) is 8.86. The average molecular weight is 364 g/mol. The van der Waals surface area contributed by atoms with Crippen LogP contribution in [0.2, 0.25) is 0 Å². The van der Waals surface area contributed by atoms with Crippen molar-refractivity contribution in [2.75, 3.05) is 6.54 Å². The zero-order chi connectivity index (χ0) is 12.8. The van der Waals surface area contributed by atoms with E-state index in [1.165, 1.54) is 0 Å². The van der Waals surface area contributed by atoms with Gasteiger partial charge < -0.3 is 16.6 Å². The highest BCUT2D eigenvalue weighted by atomic mass is 35.6. The third-order valence-electron chi connectivity index (χ3n) is 1.80. The standard InChI is InChI=1S/C8H14Cl3N3O2.2ClH/c9-8(10,11)7(13)14-5(6(15)16)3-1-2-4-12;;/h5H,1-4,12H2,(H2,13,14)(H,15,16);2*1H/t5-;;/m0../s1. The highest BCUT2D eigenvalue weighted by Gasteiger charge is 2.27. The Morgan fingerprint density at radius 3 is 2.11 bits per heavy atom. The molecule has 0 heterocycles. The first-order chi connectivity index (χ1) is 7.29. The number of aliphatic imine (C=N–C) groups is 1. The van der Waals surface area contributed by atoms with E-state index in [0.717, 1.165) is 0 Å². The van der Waals surface area contributed by atoms with Gasteiger partial charge in [-0.15, -0.1) is 24.8 Å². The highest BCUT2D eigenvalue weighted by molar-refractivity contribution is 6.76. The first-order valence-electron chi connectivity index (χ1n) is 4.62. The second-order valence-electron chi connectivity index (χ2n) is 3.15. The first-order valence-corrected chi connectivity index (χ1v) is 5.75. The first kappa shape index (κ1) is 23.4. The van der Waals surface area contributed by atoms with Gasteiger partial charge in [0.25, 0.3) is 0 Å². The Hall–Kier alpha value is 0.350. The molecule has 0 rings (SSSR count). The lowest BCUT2D eigenvalue weighted by Crippen LogP contribution is -2.32. The van der Waals surface area contributed by atoms with Gasteiger partial charge in [0, 0.05) is 0 Å². The second kappa shape index (κ2) is 11.2. The predicted molar refractivity (Wildman–Crippen MR) is 80.7 cm³/mol. The van der Waals surface area contributed by atoms with E-state index in [1.54, 1.807) is 0 Å². The molecule has 10 heteroatoms. The van der Waals surface area contributed by atoms with Crippen LogP contribution in [-0.2, 0) is 4.79 Å². The second-order valence-corrected chi connectivity index (χ2v) is 5.43. The van der Waals surface area contributed by atoms with Crippen LogP contribution in [0, 0.1) is 0 Å². The van der Waals surface area contributed by atoms with Crippen molar-refractivity contribution in [2.24, 2.45) is 16.5 Å². The van der Waals surface area contributed by atoms with Gasteiger partial charge in [0.15, 0.2) is 0 Å². The molecule has 0 bridgehead atoms. The molecule has 0 saturated carbocycles. The van der Waals surface area contributed by atoms with Crippen molar-refractivity contribution in [3.05, 3.63) is 0 Å². The minimum Gasteiger partial charge on any atom is -0.480 e. The molecule has 5 nitrogen and oxygen atoms in total. The van der Waals surface area contributed by atoms with Crippen molar-refractivity contribution in [1.82, 2.24) is 0 Å². The maximum absolute atomic E-state index is 10.8. The Morgan fingerprint density at radius 1 is 1.28 bits per heavy atom. The molecule has 0 aromatic rings. The molecule has 0 aromatic carbocycles. The van der Waals surface area contributed by atoms with Gasteiger partial charge in [0.05, 0.1) is 0 Å². The number of nitrogens with zero attached hydrogens (tertiary/aromatic N) is 1. The van der Waals surface area contributed by atoms with E-state index < -0.39 is 15.8 Å². The van der Waals surface area contributed by atoms with E-state index in [9.17, 15) is 4.79 Å². The van der Waals surface area contributed by atoms with Crippen molar-refractivity contribution in [2.45, 2.75) is 29.1 Å². The van der Waals surface area contributed by atoms with E-state index in [1.807, 2.05) is 0 Å². The molecule has 110 valence electrons. The van der Waals surface area contributed by atoms with Crippen LogP contribution in [0.15, 0.2) is 4.99 Å². The summed E-state index contributed by atoms with van der Waals surface area (Å²) < 4.78 is -1.87. The largest absolute Gasteiger partial charge is 0.480 e. The molecule has 0 spiro atoms. The molecule has 0 unspecified atom stereocenters. The fourth-order valence-corrected chi connectivity index (χ4v) is 1.11. The number of rotatable bonds is 6. The number of hydrogen-bond acceptors (Lipinski definition) is 3. The van der Waals surface area contributed by atoms with Crippen molar-refractivity contribution in [1.29, 1.82) is 0 Å². The lowest BCUT2D eigenvalue weighted by molar-refractivity contribution is -0.138. The molecule has 5 N–H and O–H groups in total. The van der Waals surface area contributed by atoms with Crippen molar-refractivity contribution in [3.63, 3.8) is 0 Å². The number of carboxylic acids is 1. The Morgan fingerprint density at radius 2 is 1.78 bits per heavy atom. The van der Waals surface area contributed by atoms with Gasteiger partial charge in [-0.05, 0) is 25.8 Å². The van der Waals surface area contributed by atoms with E-state index in [2.05, 4.69) is 4.99 Å². The van der Waals surface area contributed by atoms with Crippen LogP contribution in [0.25, 0.3) is 0 Å². The van der Waals surface area contributed by atoms with E-state index >= 15 is 0 Å². The Kier molecular flexibility index (Phi) is 14.6. The lowest BCUT2D eigenvalue weighted by Gasteiger charge is -2.13. The molecule has 0 aliphatic rings. The molecular formula is C8H16Cl5N3O2. The molecular weight excluding hydrogens is 347 g/mol. The van der Waals surface area contributed by atoms with Gasteiger partial charge in [0.2, 0.25) is 3.79 Å². The maximum atomic E-state index is 10.8. The quantitative estimate of drug-likeness (QED) is 0.291. The molecule has 1 atom stereocenters. The molecule has 0 aliphatic carbocycles. The lowest BCUT2D eigenvalue weighted by atomic mass is 10.1. The monoisotopic (exact) mass is 361 g/mol. The number of carboxylic acid groups (broad SMARTS) is 1. The van der Waals surface area contributed by atoms with Crippen LogP contribution in [0.1, 0.15) is 19.3 Å². The van der Waals surface area contributed by atoms with Crippen LogP contribution in [-0.4, -0.2) is 33.3 Å². The summed E-state index contributed by atoms with van der Waals surface area (Å²) in [6, 6.07) is -0.998. The highest BCUT2D eigenvalue weighted by Crippen LogP contribution is 2.26. The zero-order valence-electron chi connectivity index (χ0n) is 9.31. The molecule has 0 aromatic heterocycles. The number of carbonyl (C=O) groups is 1. The summed E-state index contributed by atoms with van der Waals surface area (Å²) in [4.78, 5) is 14.5. The number of nitrogens with two attached hydrogens (primary N) is 2. The minimum absolute atomic E-state index is 0. The molecule has 0 fully saturated rings. The third-order valence-corrected chi connectivity index (χ3v) is 2.38. The topological polar surface area (TPSA) is 102 Å². The smallest absolute Gasteiger partial charge is 0.328 e. The Labute approximate surface area is 133 Å². The van der Waals surface area contributed by atoms with Gasteiger partial charge in [0.1, 0.15) is 11.9 Å². The number of halogens is 5. The number of aliphatic carboxylic acids is 1. The predicted octanol–water partition coefficient (Wildman–Crippen LogP) is 2.14. The number of unbranched alkanes of at least 4 members (excludes halogenated alkanes) is 1. The molecule has 0 saturated heterocycles. The van der Waals surface area contributed by atoms with Gasteiger partial charge in [-0.1, -0.05) is 34.8 Å². The summed E-state index contributed by atoms with van der Waals surface area (Å²) in [6.45, 7) is 0.496. The van der Waals surface area contributed by atoms with Crippen molar-refractivity contribution >= 4 is 71.4 Å². The summed E-state index contributed by atoms with van der Waals surface area (Å²) in [6.07, 6.45) is 1.66. The SMILES string of the molecule is Cl.Cl.NCCCC[C@H](N=C(N)C(Cl)(Cl)Cl)C(=O)O. The van der Waals surface area contributed by atoms with Crippen LogP contribution in [0.5, 0.6) is 0 Å². The minimum atomic E-state index is -1.87. The van der Waals surface area contributed by atoms with E-state index in [-0.39, 0.29) is 30.6 Å². The van der Waals surface area contributed by atoms with E-state index in [0.29, 0.717) is 25.8 Å². The summed E-state index contributed by atoms with van der Waals surface area (Å²) in [7, 11) is 0. The summed E-state index contributed by atoms with van der Waals surface area (Å²) in [5.41, 5.74) is 10.6. The molecule has 18 heavy (non-hydrogen) atoms. The Bertz CT molecular complexity index is 270. The fourth-order valence-electron chi connectivity index (χ4n) is 0.966. The molecule has 0 amide bonds. The molecule has 0 aliphatic heterocycles. The summed E-state index contributed by atoms with van der Waals surface area (Å²) in [5.74, 6) is -1.42. The van der Waals surface area contributed by atoms with Crippen molar-refractivity contribution < 1.29 is 9.90 Å². The van der Waals surface area contributed by atoms with Gasteiger partial charge in [-0.25, -0.2) is 4.79 Å². The van der Waals surface area contributed by atoms with Gasteiger partial charge in [-0.2, -0.15) is 0 Å². The fraction of sp³-hybridized carbons (Fsp3) is 0.750. The Balaban J connectivity index is -0.00000112. The maximum Gasteiger partial charge on any atom is 0.328 e. The third kappa shape index (κ3) is 10.3. The van der Waals surface area contributed by atoms with Crippen LogP contribution in [0.3, 0.4) is 0 Å². The summed E-state index contributed by atoms with van der Waals surface area (Å²) >= 11 is 16.4. The normalized spacial score (nSPS) is 13.2. The van der Waals surface area contributed by atoms with Gasteiger partial charge >= 0.3 is 5.97 Å². The van der Waals surface area contributed by atoms with Crippen molar-refractivity contribution in [3.8, 4) is 0 Å². The average Bonchev–Trinajstić information content (AvgIpc) is 2.14. The number of hydrogen-bond donors (Lipinski definition) is 3. The van der Waals surface area contributed by atoms with Crippen LogP contribution in [0.4, 0.5) is 0 Å². The number of amidine groups is 1. The number of alkyl halides is 3. The zero-order valence-corrected chi connectivity index (χ0v) is 13.2. The van der Waals surface area contributed by atoms with E-state index in [4.69, 9.17) is 51.4 Å². The van der Waals surface area contributed by atoms with Crippen LogP contribution >= 0.6 is 59.6 Å².